The Morgan fingerprint density at radius 1 is 0.621 bits per heavy atom. The smallest absolute Gasteiger partial charge is 0.0400 e. The van der Waals surface area contributed by atoms with Crippen LogP contribution in [0, 0.1) is 41.5 Å². The normalized spacial score (nSPS) is 9.93. The van der Waals surface area contributed by atoms with Crippen molar-refractivity contribution in [3.05, 3.63) is 57.6 Å². The van der Waals surface area contributed by atoms with Crippen LogP contribution in [-0.4, -0.2) is 38.1 Å². The van der Waals surface area contributed by atoms with Crippen LogP contribution in [-0.2, 0) is 22.4 Å². The summed E-state index contributed by atoms with van der Waals surface area (Å²) in [4.78, 5) is 2.37. The van der Waals surface area contributed by atoms with Crippen LogP contribution in [0.2, 0.25) is 0 Å². The van der Waals surface area contributed by atoms with Crippen LogP contribution < -0.4 is 35.4 Å². The van der Waals surface area contributed by atoms with Crippen molar-refractivity contribution in [2.75, 3.05) is 43.9 Å². The van der Waals surface area contributed by atoms with E-state index < -0.39 is 0 Å². The Bertz CT molecular complexity index is 656. The summed E-state index contributed by atoms with van der Waals surface area (Å²) in [5, 5.41) is 7.22. The molecule has 2 aromatic rings. The predicted molar refractivity (Wildman–Crippen MR) is 116 cm³/mol. The second-order valence-electron chi connectivity index (χ2n) is 7.70. The van der Waals surface area contributed by atoms with Gasteiger partial charge in [-0.2, -0.15) is 0 Å². The van der Waals surface area contributed by atoms with Crippen LogP contribution in [0.3, 0.4) is 0 Å². The maximum Gasteiger partial charge on any atom is 0.0400 e. The Morgan fingerprint density at radius 2 is 0.897 bits per heavy atom. The van der Waals surface area contributed by atoms with Crippen LogP contribution in [0.15, 0.2) is 24.3 Å². The van der Waals surface area contributed by atoms with Crippen LogP contribution in [0.1, 0.15) is 33.4 Å². The van der Waals surface area contributed by atoms with Gasteiger partial charge in [0.25, 0.3) is 0 Å². The SMILES string of the molecule is Cc1cc(C)c(NCCN(C)CCNc2c(C)cc(C)cc2C)c(C)c1.[Au].[Cl-].[Cl-]. The molecule has 0 bridgehead atoms. The van der Waals surface area contributed by atoms with Gasteiger partial charge in [-0.3, -0.25) is 0 Å². The summed E-state index contributed by atoms with van der Waals surface area (Å²) >= 11 is 0. The van der Waals surface area contributed by atoms with Crippen molar-refractivity contribution in [1.29, 1.82) is 0 Å². The summed E-state index contributed by atoms with van der Waals surface area (Å²) in [7, 11) is 2.19. The summed E-state index contributed by atoms with van der Waals surface area (Å²) in [5.41, 5.74) is 10.6. The van der Waals surface area contributed by atoms with Gasteiger partial charge in [0.1, 0.15) is 0 Å². The van der Waals surface area contributed by atoms with E-state index in [-0.39, 0.29) is 47.2 Å². The Balaban J connectivity index is 0. The number of nitrogens with zero attached hydrogens (tertiary/aromatic N) is 1. The Labute approximate surface area is 205 Å². The van der Waals surface area contributed by atoms with Gasteiger partial charge in [0, 0.05) is 59.9 Å². The van der Waals surface area contributed by atoms with Gasteiger partial charge in [0.2, 0.25) is 0 Å². The first-order chi connectivity index (χ1) is 12.3. The molecule has 2 N–H and O–H groups in total. The third kappa shape index (κ3) is 9.33. The standard InChI is InChI=1S/C23H35N3.Au.2ClH/c1-16-12-18(3)22(19(4)13-16)24-8-10-26(7)11-9-25-23-20(5)14-17(2)15-21(23)6;;;/h12-15,24-25H,8-11H2,1-7H3;;2*1H/p-2. The van der Waals surface area contributed by atoms with E-state index in [1.165, 1.54) is 44.8 Å². The molecule has 0 spiro atoms. The molecule has 0 unspecified atom stereocenters. The Hall–Kier alpha value is -0.680. The van der Waals surface area contributed by atoms with Gasteiger partial charge in [-0.15, -0.1) is 0 Å². The zero-order chi connectivity index (χ0) is 19.3. The van der Waals surface area contributed by atoms with Crippen LogP contribution in [0.5, 0.6) is 0 Å². The minimum absolute atomic E-state index is 0. The molecule has 0 fully saturated rings. The van der Waals surface area contributed by atoms with Crippen molar-refractivity contribution in [1.82, 2.24) is 4.90 Å². The number of aryl methyl sites for hydroxylation is 6. The summed E-state index contributed by atoms with van der Waals surface area (Å²) in [5.74, 6) is 0. The summed E-state index contributed by atoms with van der Waals surface area (Å²) in [6.07, 6.45) is 0. The molecule has 29 heavy (non-hydrogen) atoms. The first-order valence-electron chi connectivity index (χ1n) is 9.60. The van der Waals surface area contributed by atoms with E-state index >= 15 is 0 Å². The molecule has 0 aliphatic rings. The number of benzene rings is 2. The summed E-state index contributed by atoms with van der Waals surface area (Å²) in [6, 6.07) is 8.98. The molecule has 0 atom stereocenters. The minimum atomic E-state index is 0. The molecule has 0 saturated carbocycles. The molecule has 0 aliphatic carbocycles. The predicted octanol–water partition coefficient (Wildman–Crippen LogP) is -1.00. The zero-order valence-corrected chi connectivity index (χ0v) is 22.3. The van der Waals surface area contributed by atoms with Crippen molar-refractivity contribution in [3.63, 3.8) is 0 Å². The molecular formula is C23H35AuCl2N3-2. The Kier molecular flexibility index (Phi) is 15.1. The van der Waals surface area contributed by atoms with Gasteiger partial charge in [-0.25, -0.2) is 0 Å². The molecule has 0 heterocycles. The molecule has 0 aromatic heterocycles. The van der Waals surface area contributed by atoms with Gasteiger partial charge in [0.15, 0.2) is 0 Å². The molecule has 1 radical (unpaired) electrons. The molecule has 3 nitrogen and oxygen atoms in total. The van der Waals surface area contributed by atoms with Crippen molar-refractivity contribution in [2.24, 2.45) is 0 Å². The fourth-order valence-corrected chi connectivity index (χ4v) is 3.77. The fraction of sp³-hybridized carbons (Fsp3) is 0.478. The van der Waals surface area contributed by atoms with Crippen molar-refractivity contribution in [2.45, 2.75) is 41.5 Å². The number of nitrogens with one attached hydrogen (secondary N) is 2. The molecule has 2 rings (SSSR count). The van der Waals surface area contributed by atoms with E-state index in [1.807, 2.05) is 0 Å². The topological polar surface area (TPSA) is 27.3 Å². The second-order valence-corrected chi connectivity index (χ2v) is 7.70. The van der Waals surface area contributed by atoms with E-state index in [1.54, 1.807) is 0 Å². The second kappa shape index (κ2) is 14.3. The number of halogens is 2. The molecular weight excluding hydrogens is 586 g/mol. The van der Waals surface area contributed by atoms with Crippen LogP contribution in [0.25, 0.3) is 0 Å². The number of likely N-dealkylation sites (N-methyl/N-ethyl adjacent to an activating group) is 1. The summed E-state index contributed by atoms with van der Waals surface area (Å²) < 4.78 is 0. The van der Waals surface area contributed by atoms with Gasteiger partial charge in [0.05, 0.1) is 0 Å². The van der Waals surface area contributed by atoms with E-state index in [0.717, 1.165) is 26.2 Å². The van der Waals surface area contributed by atoms with E-state index in [2.05, 4.69) is 88.4 Å². The summed E-state index contributed by atoms with van der Waals surface area (Å²) in [6.45, 7) is 17.0. The zero-order valence-electron chi connectivity index (χ0n) is 18.6. The molecule has 169 valence electrons. The third-order valence-corrected chi connectivity index (χ3v) is 4.94. The first-order valence-corrected chi connectivity index (χ1v) is 9.60. The fourth-order valence-electron chi connectivity index (χ4n) is 3.77. The molecule has 0 amide bonds. The minimum Gasteiger partial charge on any atom is -1.00 e. The molecule has 0 saturated heterocycles. The van der Waals surface area contributed by atoms with E-state index in [4.69, 9.17) is 0 Å². The molecule has 2 aromatic carbocycles. The maximum atomic E-state index is 3.61. The monoisotopic (exact) mass is 620 g/mol. The Morgan fingerprint density at radius 3 is 1.17 bits per heavy atom. The number of hydrogen-bond donors (Lipinski definition) is 2. The quantitative estimate of drug-likeness (QED) is 0.371. The number of hydrogen-bond acceptors (Lipinski definition) is 3. The number of anilines is 2. The van der Waals surface area contributed by atoms with Gasteiger partial charge in [-0.1, -0.05) is 35.4 Å². The maximum absolute atomic E-state index is 3.61. The van der Waals surface area contributed by atoms with Crippen LogP contribution in [0.4, 0.5) is 11.4 Å². The average Bonchev–Trinajstić information content (AvgIpc) is 2.52. The van der Waals surface area contributed by atoms with Crippen molar-refractivity contribution in [3.8, 4) is 0 Å². The van der Waals surface area contributed by atoms with Gasteiger partial charge < -0.3 is 40.3 Å². The van der Waals surface area contributed by atoms with Gasteiger partial charge in [-0.05, 0) is 70.8 Å². The van der Waals surface area contributed by atoms with E-state index in [9.17, 15) is 0 Å². The largest absolute Gasteiger partial charge is 1.00 e. The van der Waals surface area contributed by atoms with Gasteiger partial charge >= 0.3 is 0 Å². The third-order valence-electron chi connectivity index (χ3n) is 4.94. The molecule has 6 heteroatoms. The average molecular weight is 621 g/mol. The first kappa shape index (κ1) is 30.5. The van der Waals surface area contributed by atoms with Crippen LogP contribution >= 0.6 is 0 Å². The van der Waals surface area contributed by atoms with E-state index in [0.29, 0.717) is 0 Å². The molecule has 0 aliphatic heterocycles. The van der Waals surface area contributed by atoms with Crippen molar-refractivity contribution < 1.29 is 47.2 Å². The number of rotatable bonds is 8. The van der Waals surface area contributed by atoms with Crippen molar-refractivity contribution >= 4 is 11.4 Å².